The van der Waals surface area contributed by atoms with Gasteiger partial charge < -0.3 is 15.1 Å². The number of hydrogen-bond acceptors (Lipinski definition) is 4. The van der Waals surface area contributed by atoms with Crippen molar-refractivity contribution in [2.75, 3.05) is 26.7 Å². The van der Waals surface area contributed by atoms with Gasteiger partial charge in [0.25, 0.3) is 5.91 Å². The number of nitrogens with zero attached hydrogens (tertiary/aromatic N) is 4. The van der Waals surface area contributed by atoms with Crippen molar-refractivity contribution in [3.8, 4) is 0 Å². The van der Waals surface area contributed by atoms with Crippen LogP contribution >= 0.6 is 0 Å². The summed E-state index contributed by atoms with van der Waals surface area (Å²) < 4.78 is 0. The largest absolute Gasteiger partial charge is 0.340 e. The molecule has 8 heteroatoms. The zero-order valence-corrected chi connectivity index (χ0v) is 20.6. The Labute approximate surface area is 211 Å². The number of piperazine rings is 1. The summed E-state index contributed by atoms with van der Waals surface area (Å²) in [5, 5.41) is 8.34. The Balaban J connectivity index is 1.55. The first-order valence-corrected chi connectivity index (χ1v) is 12.4. The molecule has 0 unspecified atom stereocenters. The zero-order valence-electron chi connectivity index (χ0n) is 20.6. The number of fused-ring (bicyclic) bond motifs is 2. The molecule has 0 spiro atoms. The van der Waals surface area contributed by atoms with Crippen LogP contribution in [0.3, 0.4) is 0 Å². The van der Waals surface area contributed by atoms with E-state index in [-0.39, 0.29) is 24.4 Å². The molecular weight excluding hydrogens is 454 g/mol. The van der Waals surface area contributed by atoms with Crippen LogP contribution in [0.4, 0.5) is 4.79 Å². The van der Waals surface area contributed by atoms with Crippen LogP contribution < -0.4 is 5.32 Å². The third kappa shape index (κ3) is 4.18. The number of hydrazine groups is 1. The zero-order chi connectivity index (χ0) is 25.2. The number of rotatable bonds is 6. The Morgan fingerprint density at radius 1 is 1.00 bits per heavy atom. The first-order valence-electron chi connectivity index (χ1n) is 12.4. The smallest absolute Gasteiger partial charge is 0.331 e. The van der Waals surface area contributed by atoms with Gasteiger partial charge >= 0.3 is 6.03 Å². The van der Waals surface area contributed by atoms with Crippen molar-refractivity contribution < 1.29 is 14.4 Å². The fourth-order valence-corrected chi connectivity index (χ4v) is 5.36. The molecule has 8 nitrogen and oxygen atoms in total. The lowest BCUT2D eigenvalue weighted by Gasteiger charge is -2.46. The lowest BCUT2D eigenvalue weighted by molar-refractivity contribution is -0.158. The van der Waals surface area contributed by atoms with Crippen LogP contribution in [-0.4, -0.2) is 70.5 Å². The van der Waals surface area contributed by atoms with Crippen LogP contribution in [0.25, 0.3) is 10.8 Å². The van der Waals surface area contributed by atoms with Gasteiger partial charge in [0, 0.05) is 20.1 Å². The molecule has 1 N–H and O–H groups in total. The molecule has 3 aromatic carbocycles. The Morgan fingerprint density at radius 3 is 2.47 bits per heavy atom. The van der Waals surface area contributed by atoms with Gasteiger partial charge in [0.2, 0.25) is 5.91 Å². The van der Waals surface area contributed by atoms with Gasteiger partial charge in [-0.05, 0) is 28.3 Å². The quantitative estimate of drug-likeness (QED) is 0.581. The van der Waals surface area contributed by atoms with E-state index in [9.17, 15) is 14.4 Å². The van der Waals surface area contributed by atoms with Crippen molar-refractivity contribution in [3.05, 3.63) is 83.9 Å². The van der Waals surface area contributed by atoms with Gasteiger partial charge in [0.15, 0.2) is 0 Å². The Hall–Kier alpha value is -3.91. The minimum absolute atomic E-state index is 0.0524. The van der Waals surface area contributed by atoms with Gasteiger partial charge in [0.1, 0.15) is 12.2 Å². The first kappa shape index (κ1) is 23.8. The highest BCUT2D eigenvalue weighted by Crippen LogP contribution is 2.36. The Morgan fingerprint density at radius 2 is 1.72 bits per heavy atom. The van der Waals surface area contributed by atoms with Crippen LogP contribution in [0.5, 0.6) is 0 Å². The highest BCUT2D eigenvalue weighted by Gasteiger charge is 2.52. The molecule has 0 aromatic heterocycles. The summed E-state index contributed by atoms with van der Waals surface area (Å²) in [6.07, 6.45) is 0.297. The standard InChI is InChI=1S/C28H31N5O3/c1-3-16-31(28(36)29-2)32-19-25(34)33-24(32)18-30(27(35)26(33)21-11-5-4-6-12-21)17-22-14-9-13-20-10-7-8-15-23(20)22/h4-15,24,26H,3,16-19H2,1-2H3,(H,29,36)/t24-,26+/m1/s1. The van der Waals surface area contributed by atoms with Gasteiger partial charge in [-0.3, -0.25) is 14.6 Å². The monoisotopic (exact) mass is 485 g/mol. The van der Waals surface area contributed by atoms with Crippen molar-refractivity contribution in [2.24, 2.45) is 0 Å². The van der Waals surface area contributed by atoms with E-state index in [1.54, 1.807) is 17.0 Å². The van der Waals surface area contributed by atoms with E-state index in [0.717, 1.165) is 28.3 Å². The highest BCUT2D eigenvalue weighted by atomic mass is 16.2. The van der Waals surface area contributed by atoms with E-state index < -0.39 is 12.2 Å². The predicted octanol–water partition coefficient (Wildman–Crippen LogP) is 3.36. The van der Waals surface area contributed by atoms with Crippen LogP contribution in [0.15, 0.2) is 72.8 Å². The molecule has 2 heterocycles. The summed E-state index contributed by atoms with van der Waals surface area (Å²) in [4.78, 5) is 43.6. The van der Waals surface area contributed by atoms with E-state index in [1.807, 2.05) is 71.4 Å². The van der Waals surface area contributed by atoms with E-state index >= 15 is 0 Å². The number of hydrogen-bond donors (Lipinski definition) is 1. The van der Waals surface area contributed by atoms with Crippen LogP contribution in [0.1, 0.15) is 30.5 Å². The van der Waals surface area contributed by atoms with E-state index in [1.165, 1.54) is 0 Å². The second kappa shape index (κ2) is 9.99. The van der Waals surface area contributed by atoms with Crippen LogP contribution in [0, 0.1) is 0 Å². The number of benzene rings is 3. The van der Waals surface area contributed by atoms with E-state index in [0.29, 0.717) is 19.6 Å². The van der Waals surface area contributed by atoms with Gasteiger partial charge in [-0.25, -0.2) is 4.79 Å². The van der Waals surface area contributed by atoms with E-state index in [2.05, 4.69) is 23.5 Å². The van der Waals surface area contributed by atoms with Gasteiger partial charge in [-0.2, -0.15) is 5.01 Å². The maximum Gasteiger partial charge on any atom is 0.331 e. The third-order valence-electron chi connectivity index (χ3n) is 7.01. The average molecular weight is 486 g/mol. The lowest BCUT2D eigenvalue weighted by Crippen LogP contribution is -2.62. The molecule has 186 valence electrons. The number of nitrogens with one attached hydrogen (secondary N) is 1. The summed E-state index contributed by atoms with van der Waals surface area (Å²) in [7, 11) is 1.59. The molecule has 0 bridgehead atoms. The minimum atomic E-state index is -0.745. The lowest BCUT2D eigenvalue weighted by atomic mass is 9.99. The molecule has 36 heavy (non-hydrogen) atoms. The molecule has 2 aliphatic rings. The molecule has 0 saturated carbocycles. The summed E-state index contributed by atoms with van der Waals surface area (Å²) in [6, 6.07) is 22.7. The average Bonchev–Trinajstić information content (AvgIpc) is 3.23. The first-order chi connectivity index (χ1) is 17.5. The summed E-state index contributed by atoms with van der Waals surface area (Å²) in [5.41, 5.74) is 1.82. The molecular formula is C28H31N5O3. The van der Waals surface area contributed by atoms with Crippen molar-refractivity contribution in [1.82, 2.24) is 25.1 Å². The van der Waals surface area contributed by atoms with Crippen molar-refractivity contribution in [2.45, 2.75) is 32.1 Å². The molecule has 2 aliphatic heterocycles. The highest BCUT2D eigenvalue weighted by molar-refractivity contribution is 5.93. The summed E-state index contributed by atoms with van der Waals surface area (Å²) in [6.45, 7) is 3.26. The van der Waals surface area contributed by atoms with Gasteiger partial charge in [-0.1, -0.05) is 79.7 Å². The van der Waals surface area contributed by atoms with Crippen LogP contribution in [0.2, 0.25) is 0 Å². The molecule has 2 fully saturated rings. The summed E-state index contributed by atoms with van der Waals surface area (Å²) in [5.74, 6) is -0.264. The fourth-order valence-electron chi connectivity index (χ4n) is 5.36. The van der Waals surface area contributed by atoms with Crippen LogP contribution in [-0.2, 0) is 16.1 Å². The second-order valence-electron chi connectivity index (χ2n) is 9.23. The molecule has 4 amide bonds. The molecule has 5 rings (SSSR count). The van der Waals surface area contributed by atoms with Crippen molar-refractivity contribution in [1.29, 1.82) is 0 Å². The number of carbonyl (C=O) groups is 3. The minimum Gasteiger partial charge on any atom is -0.340 e. The Bertz CT molecular complexity index is 1280. The number of urea groups is 1. The topological polar surface area (TPSA) is 76.2 Å². The Kier molecular flexibility index (Phi) is 6.61. The second-order valence-corrected chi connectivity index (χ2v) is 9.23. The third-order valence-corrected chi connectivity index (χ3v) is 7.01. The van der Waals surface area contributed by atoms with Crippen molar-refractivity contribution in [3.63, 3.8) is 0 Å². The number of carbonyl (C=O) groups excluding carboxylic acids is 3. The molecule has 2 saturated heterocycles. The number of amides is 4. The normalized spacial score (nSPS) is 20.1. The molecule has 0 radical (unpaired) electrons. The fraction of sp³-hybridized carbons (Fsp3) is 0.321. The van der Waals surface area contributed by atoms with E-state index in [4.69, 9.17) is 0 Å². The molecule has 0 aliphatic carbocycles. The summed E-state index contributed by atoms with van der Waals surface area (Å²) >= 11 is 0. The SMILES string of the molecule is CCCN(C(=O)NC)N1CC(=O)N2[C@@H](c3ccccc3)C(=O)N(Cc3cccc4ccccc34)C[C@@H]21. The van der Waals surface area contributed by atoms with Gasteiger partial charge in [-0.15, -0.1) is 0 Å². The maximum atomic E-state index is 14.0. The molecule has 3 aromatic rings. The predicted molar refractivity (Wildman–Crippen MR) is 137 cm³/mol. The maximum absolute atomic E-state index is 14.0. The van der Waals surface area contributed by atoms with Crippen molar-refractivity contribution >= 4 is 28.6 Å². The molecule has 2 atom stereocenters. The van der Waals surface area contributed by atoms with Gasteiger partial charge in [0.05, 0.1) is 13.1 Å².